The quantitative estimate of drug-likeness (QED) is 0.219. The van der Waals surface area contributed by atoms with Gasteiger partial charge < -0.3 is 4.90 Å². The Morgan fingerprint density at radius 3 is 2.00 bits per heavy atom. The van der Waals surface area contributed by atoms with Gasteiger partial charge >= 0.3 is 0 Å². The average molecular weight is 540 g/mol. The highest BCUT2D eigenvalue weighted by molar-refractivity contribution is 6.31. The Kier molecular flexibility index (Phi) is 7.06. The highest BCUT2D eigenvalue weighted by atomic mass is 35.5. The largest absolute Gasteiger partial charge is 0.333 e. The number of aryl methyl sites for hydroxylation is 1. The van der Waals surface area contributed by atoms with Crippen LogP contribution in [0.5, 0.6) is 0 Å². The van der Waals surface area contributed by atoms with Crippen LogP contribution < -0.4 is 0 Å². The van der Waals surface area contributed by atoms with Crippen molar-refractivity contribution in [3.63, 3.8) is 0 Å². The van der Waals surface area contributed by atoms with Crippen molar-refractivity contribution < 1.29 is 0 Å². The Balaban J connectivity index is 1.49. The zero-order valence-corrected chi connectivity index (χ0v) is 23.6. The first-order valence-electron chi connectivity index (χ1n) is 13.5. The Hall–Kier alpha value is -4.47. The molecule has 1 unspecified atom stereocenters. The van der Waals surface area contributed by atoms with Crippen LogP contribution in [0.2, 0.25) is 5.02 Å². The summed E-state index contributed by atoms with van der Waals surface area (Å²) >= 11 is 6.78. The standard InChI is InChI=1S/C36H30ClN3/c1-24-13-10-11-18-31(24)33-20-12-19-32(25(33)2)28-21-29(23-30(37)22-28)34-38-35(26-14-6-4-7-15-26)40(3)36(39-34)27-16-8-5-9-17-27/h4-23,35H,1-3H3. The molecule has 3 nitrogen and oxygen atoms in total. The van der Waals surface area contributed by atoms with E-state index in [2.05, 4.69) is 91.5 Å². The first-order valence-corrected chi connectivity index (χ1v) is 13.8. The van der Waals surface area contributed by atoms with E-state index in [1.54, 1.807) is 0 Å². The average Bonchev–Trinajstić information content (AvgIpc) is 2.98. The molecule has 0 aliphatic carbocycles. The Morgan fingerprint density at radius 2 is 1.25 bits per heavy atom. The molecular weight excluding hydrogens is 510 g/mol. The first-order chi connectivity index (χ1) is 19.5. The van der Waals surface area contributed by atoms with Gasteiger partial charge in [-0.05, 0) is 71.0 Å². The monoisotopic (exact) mass is 539 g/mol. The summed E-state index contributed by atoms with van der Waals surface area (Å²) < 4.78 is 0. The van der Waals surface area contributed by atoms with E-state index in [0.29, 0.717) is 10.9 Å². The van der Waals surface area contributed by atoms with E-state index in [4.69, 9.17) is 21.6 Å². The second kappa shape index (κ2) is 11.0. The molecule has 1 atom stereocenters. The minimum absolute atomic E-state index is 0.211. The Bertz CT molecular complexity index is 1740. The van der Waals surface area contributed by atoms with Gasteiger partial charge in [-0.3, -0.25) is 0 Å². The molecule has 1 aliphatic heterocycles. The van der Waals surface area contributed by atoms with Crippen LogP contribution in [-0.4, -0.2) is 23.6 Å². The third kappa shape index (κ3) is 4.97. The van der Waals surface area contributed by atoms with Gasteiger partial charge in [0.15, 0.2) is 5.84 Å². The summed E-state index contributed by atoms with van der Waals surface area (Å²) in [6.45, 7) is 4.34. The van der Waals surface area contributed by atoms with Crippen molar-refractivity contribution in [2.24, 2.45) is 9.98 Å². The zero-order valence-electron chi connectivity index (χ0n) is 22.8. The van der Waals surface area contributed by atoms with Crippen LogP contribution in [0.4, 0.5) is 0 Å². The smallest absolute Gasteiger partial charge is 0.159 e. The van der Waals surface area contributed by atoms with Crippen LogP contribution in [0.25, 0.3) is 22.3 Å². The number of aliphatic imine (C=N–C) groups is 2. The number of benzene rings is 5. The summed E-state index contributed by atoms with van der Waals surface area (Å²) in [7, 11) is 2.05. The van der Waals surface area contributed by atoms with Crippen LogP contribution in [-0.2, 0) is 0 Å². The van der Waals surface area contributed by atoms with Crippen LogP contribution in [0.15, 0.2) is 131 Å². The van der Waals surface area contributed by atoms with Crippen LogP contribution in [0, 0.1) is 13.8 Å². The number of halogens is 1. The van der Waals surface area contributed by atoms with Gasteiger partial charge in [-0.2, -0.15) is 0 Å². The van der Waals surface area contributed by atoms with Gasteiger partial charge in [-0.25, -0.2) is 9.98 Å². The fourth-order valence-electron chi connectivity index (χ4n) is 5.43. The summed E-state index contributed by atoms with van der Waals surface area (Å²) in [5.41, 5.74) is 10.2. The van der Waals surface area contributed by atoms with Crippen molar-refractivity contribution >= 4 is 23.3 Å². The molecule has 40 heavy (non-hydrogen) atoms. The molecule has 1 aliphatic rings. The van der Waals surface area contributed by atoms with Gasteiger partial charge in [0.25, 0.3) is 0 Å². The fraction of sp³-hybridized carbons (Fsp3) is 0.111. The van der Waals surface area contributed by atoms with Crippen LogP contribution in [0.1, 0.15) is 34.0 Å². The Morgan fingerprint density at radius 1 is 0.625 bits per heavy atom. The number of nitrogens with zero attached hydrogens (tertiary/aromatic N) is 3. The van der Waals surface area contributed by atoms with Gasteiger partial charge in [-0.15, -0.1) is 0 Å². The normalized spacial score (nSPS) is 15.0. The number of rotatable bonds is 5. The molecule has 0 radical (unpaired) electrons. The van der Waals surface area contributed by atoms with E-state index < -0.39 is 0 Å². The van der Waals surface area contributed by atoms with Crippen molar-refractivity contribution in [2.75, 3.05) is 7.05 Å². The predicted octanol–water partition coefficient (Wildman–Crippen LogP) is 9.13. The van der Waals surface area contributed by atoms with Crippen molar-refractivity contribution in [1.82, 2.24) is 4.90 Å². The molecule has 196 valence electrons. The lowest BCUT2D eigenvalue weighted by molar-refractivity contribution is 0.383. The van der Waals surface area contributed by atoms with Crippen molar-refractivity contribution in [3.8, 4) is 22.3 Å². The molecule has 5 aromatic rings. The summed E-state index contributed by atoms with van der Waals surface area (Å²) in [6.07, 6.45) is -0.211. The molecule has 0 spiro atoms. The van der Waals surface area contributed by atoms with Gasteiger partial charge in [0, 0.05) is 23.2 Å². The van der Waals surface area contributed by atoms with Crippen LogP contribution in [0.3, 0.4) is 0 Å². The molecule has 0 fully saturated rings. The number of amidine groups is 2. The lowest BCUT2D eigenvalue weighted by atomic mass is 9.90. The second-order valence-electron chi connectivity index (χ2n) is 10.2. The third-order valence-corrected chi connectivity index (χ3v) is 7.74. The van der Waals surface area contributed by atoms with E-state index in [1.807, 2.05) is 55.6 Å². The minimum Gasteiger partial charge on any atom is -0.333 e. The molecule has 1 heterocycles. The molecule has 0 N–H and O–H groups in total. The van der Waals surface area contributed by atoms with Crippen molar-refractivity contribution in [1.29, 1.82) is 0 Å². The maximum Gasteiger partial charge on any atom is 0.159 e. The first kappa shape index (κ1) is 25.8. The summed E-state index contributed by atoms with van der Waals surface area (Å²) in [5, 5.41) is 0.655. The fourth-order valence-corrected chi connectivity index (χ4v) is 5.67. The second-order valence-corrected chi connectivity index (χ2v) is 10.6. The topological polar surface area (TPSA) is 28.0 Å². The van der Waals surface area contributed by atoms with E-state index >= 15 is 0 Å². The highest BCUT2D eigenvalue weighted by Crippen LogP contribution is 2.36. The molecule has 0 saturated heterocycles. The summed E-state index contributed by atoms with van der Waals surface area (Å²) in [5.74, 6) is 1.54. The van der Waals surface area contributed by atoms with Gasteiger partial charge in [0.2, 0.25) is 0 Å². The maximum absolute atomic E-state index is 6.78. The number of hydrogen-bond acceptors (Lipinski definition) is 3. The molecule has 0 saturated carbocycles. The number of hydrogen-bond donors (Lipinski definition) is 0. The van der Waals surface area contributed by atoms with E-state index in [1.165, 1.54) is 22.3 Å². The summed E-state index contributed by atoms with van der Waals surface area (Å²) in [4.78, 5) is 12.4. The molecule has 0 bridgehead atoms. The molecule has 0 aromatic heterocycles. The summed E-state index contributed by atoms with van der Waals surface area (Å²) in [6, 6.07) is 41.8. The van der Waals surface area contributed by atoms with E-state index in [-0.39, 0.29) is 6.17 Å². The molecule has 0 amide bonds. The van der Waals surface area contributed by atoms with E-state index in [0.717, 1.165) is 33.7 Å². The minimum atomic E-state index is -0.211. The highest BCUT2D eigenvalue weighted by Gasteiger charge is 2.27. The zero-order chi connectivity index (χ0) is 27.6. The lowest BCUT2D eigenvalue weighted by Gasteiger charge is -2.32. The van der Waals surface area contributed by atoms with Crippen molar-refractivity contribution in [2.45, 2.75) is 20.0 Å². The lowest BCUT2D eigenvalue weighted by Crippen LogP contribution is -2.35. The molecule has 4 heteroatoms. The van der Waals surface area contributed by atoms with Gasteiger partial charge in [0.1, 0.15) is 12.0 Å². The molecular formula is C36H30ClN3. The predicted molar refractivity (Wildman–Crippen MR) is 168 cm³/mol. The Labute approximate surface area is 241 Å². The van der Waals surface area contributed by atoms with Crippen molar-refractivity contribution in [3.05, 3.63) is 154 Å². The molecule has 5 aromatic carbocycles. The van der Waals surface area contributed by atoms with Crippen LogP contribution >= 0.6 is 11.6 Å². The maximum atomic E-state index is 6.78. The van der Waals surface area contributed by atoms with Gasteiger partial charge in [0.05, 0.1) is 0 Å². The molecule has 6 rings (SSSR count). The third-order valence-electron chi connectivity index (χ3n) is 7.52. The van der Waals surface area contributed by atoms with Gasteiger partial charge in [-0.1, -0.05) is 115 Å². The SMILES string of the molecule is Cc1ccccc1-c1cccc(-c2cc(Cl)cc(C3=NC(c4ccccc4)N(C)C(c4ccccc4)=N3)c2)c1C. The van der Waals surface area contributed by atoms with E-state index in [9.17, 15) is 0 Å².